The Morgan fingerprint density at radius 2 is 2.26 bits per heavy atom. The standard InChI is InChI=1S/C14H14BrN5O3/c1-9-14(20(22)23)10(2)19(18-9)8-13(21)17-16-7-11-4-3-5-12(15)6-11/h3-7H,8H2,1-2H3,(H,17,21)/b16-7+. The van der Waals surface area contributed by atoms with Gasteiger partial charge in [0.15, 0.2) is 0 Å². The van der Waals surface area contributed by atoms with Crippen molar-refractivity contribution in [3.05, 3.63) is 55.8 Å². The zero-order valence-electron chi connectivity index (χ0n) is 12.5. The minimum Gasteiger partial charge on any atom is -0.271 e. The van der Waals surface area contributed by atoms with Crippen LogP contribution in [0.3, 0.4) is 0 Å². The van der Waals surface area contributed by atoms with Crippen LogP contribution >= 0.6 is 15.9 Å². The molecule has 9 heteroatoms. The van der Waals surface area contributed by atoms with Crippen LogP contribution in [0, 0.1) is 24.0 Å². The predicted molar refractivity (Wildman–Crippen MR) is 88.2 cm³/mol. The van der Waals surface area contributed by atoms with Crippen molar-refractivity contribution in [3.8, 4) is 0 Å². The number of carbonyl (C=O) groups is 1. The number of aryl methyl sites for hydroxylation is 1. The molecule has 2 aromatic rings. The van der Waals surface area contributed by atoms with Crippen LogP contribution in [0.25, 0.3) is 0 Å². The number of hydrogen-bond donors (Lipinski definition) is 1. The second-order valence-electron chi connectivity index (χ2n) is 4.78. The summed E-state index contributed by atoms with van der Waals surface area (Å²) >= 11 is 3.34. The monoisotopic (exact) mass is 379 g/mol. The van der Waals surface area contributed by atoms with E-state index in [9.17, 15) is 14.9 Å². The van der Waals surface area contributed by atoms with Crippen molar-refractivity contribution in [1.82, 2.24) is 15.2 Å². The molecule has 0 radical (unpaired) electrons. The number of benzene rings is 1. The lowest BCUT2D eigenvalue weighted by molar-refractivity contribution is -0.386. The first-order chi connectivity index (χ1) is 10.9. The van der Waals surface area contributed by atoms with Gasteiger partial charge in [0.05, 0.1) is 11.1 Å². The average molecular weight is 380 g/mol. The number of hydrazone groups is 1. The van der Waals surface area contributed by atoms with Crippen molar-refractivity contribution >= 4 is 33.7 Å². The van der Waals surface area contributed by atoms with Crippen LogP contribution in [0.2, 0.25) is 0 Å². The summed E-state index contributed by atoms with van der Waals surface area (Å²) in [4.78, 5) is 22.3. The average Bonchev–Trinajstić information content (AvgIpc) is 2.73. The molecule has 23 heavy (non-hydrogen) atoms. The number of hydrogen-bond acceptors (Lipinski definition) is 5. The molecule has 0 unspecified atom stereocenters. The Kier molecular flexibility index (Phi) is 5.22. The highest BCUT2D eigenvalue weighted by molar-refractivity contribution is 9.10. The number of rotatable bonds is 5. The molecule has 1 aromatic heterocycles. The first-order valence-corrected chi connectivity index (χ1v) is 7.43. The Hall–Kier alpha value is -2.55. The summed E-state index contributed by atoms with van der Waals surface area (Å²) in [6, 6.07) is 7.42. The highest BCUT2D eigenvalue weighted by Gasteiger charge is 2.22. The van der Waals surface area contributed by atoms with Crippen LogP contribution in [0.4, 0.5) is 5.69 Å². The Morgan fingerprint density at radius 1 is 1.52 bits per heavy atom. The Balaban J connectivity index is 2.00. The molecule has 0 saturated heterocycles. The fourth-order valence-electron chi connectivity index (χ4n) is 2.04. The van der Waals surface area contributed by atoms with E-state index in [1.54, 1.807) is 6.92 Å². The second kappa shape index (κ2) is 7.14. The number of aromatic nitrogens is 2. The van der Waals surface area contributed by atoms with E-state index in [0.29, 0.717) is 5.69 Å². The number of carbonyl (C=O) groups excluding carboxylic acids is 1. The molecule has 8 nitrogen and oxygen atoms in total. The Labute approximate surface area is 140 Å². The van der Waals surface area contributed by atoms with Crippen molar-refractivity contribution < 1.29 is 9.72 Å². The number of halogens is 1. The first kappa shape index (κ1) is 16.8. The third-order valence-electron chi connectivity index (χ3n) is 3.07. The number of nitrogens with zero attached hydrogens (tertiary/aromatic N) is 4. The van der Waals surface area contributed by atoms with Crippen LogP contribution in [0.1, 0.15) is 17.0 Å². The highest BCUT2D eigenvalue weighted by atomic mass is 79.9. The van der Waals surface area contributed by atoms with Gasteiger partial charge in [0.25, 0.3) is 5.91 Å². The van der Waals surface area contributed by atoms with Crippen LogP contribution in [-0.2, 0) is 11.3 Å². The van der Waals surface area contributed by atoms with Crippen LogP contribution in [0.5, 0.6) is 0 Å². The minimum atomic E-state index is -0.502. The Morgan fingerprint density at radius 3 is 2.87 bits per heavy atom. The van der Waals surface area contributed by atoms with E-state index in [1.165, 1.54) is 17.8 Å². The van der Waals surface area contributed by atoms with Crippen molar-refractivity contribution in [2.75, 3.05) is 0 Å². The molecule has 0 fully saturated rings. The molecule has 1 aromatic carbocycles. The first-order valence-electron chi connectivity index (χ1n) is 6.64. The number of nitro groups is 1. The molecule has 1 amide bonds. The molecule has 0 aliphatic rings. The second-order valence-corrected chi connectivity index (χ2v) is 5.70. The zero-order chi connectivity index (χ0) is 17.0. The molecular weight excluding hydrogens is 366 g/mol. The maximum atomic E-state index is 11.8. The van der Waals surface area contributed by atoms with Gasteiger partial charge in [0.2, 0.25) is 0 Å². The van der Waals surface area contributed by atoms with Gasteiger partial charge in [0, 0.05) is 4.47 Å². The van der Waals surface area contributed by atoms with E-state index in [0.717, 1.165) is 10.0 Å². The fourth-order valence-corrected chi connectivity index (χ4v) is 2.46. The van der Waals surface area contributed by atoms with Crippen LogP contribution in [-0.4, -0.2) is 26.8 Å². The molecule has 0 aliphatic carbocycles. The lowest BCUT2D eigenvalue weighted by Gasteiger charge is -2.02. The summed E-state index contributed by atoms with van der Waals surface area (Å²) in [7, 11) is 0. The summed E-state index contributed by atoms with van der Waals surface area (Å²) in [6.07, 6.45) is 1.51. The maximum Gasteiger partial charge on any atom is 0.312 e. The van der Waals surface area contributed by atoms with E-state index in [2.05, 4.69) is 31.6 Å². The SMILES string of the molecule is Cc1nn(CC(=O)N/N=C/c2cccc(Br)c2)c(C)c1[N+](=O)[O-]. The van der Waals surface area contributed by atoms with Crippen molar-refractivity contribution in [1.29, 1.82) is 0 Å². The summed E-state index contributed by atoms with van der Waals surface area (Å²) in [5, 5.41) is 18.8. The van der Waals surface area contributed by atoms with Gasteiger partial charge in [-0.25, -0.2) is 5.43 Å². The molecule has 120 valence electrons. The zero-order valence-corrected chi connectivity index (χ0v) is 14.1. The molecular formula is C14H14BrN5O3. The van der Waals surface area contributed by atoms with Crippen molar-refractivity contribution in [3.63, 3.8) is 0 Å². The largest absolute Gasteiger partial charge is 0.312 e. The fraction of sp³-hybridized carbons (Fsp3) is 0.214. The van der Waals surface area contributed by atoms with Crippen LogP contribution in [0.15, 0.2) is 33.8 Å². The highest BCUT2D eigenvalue weighted by Crippen LogP contribution is 2.21. The van der Waals surface area contributed by atoms with Gasteiger partial charge in [-0.3, -0.25) is 19.6 Å². The van der Waals surface area contributed by atoms with E-state index < -0.39 is 10.8 Å². The molecule has 0 spiro atoms. The minimum absolute atomic E-state index is 0.0737. The van der Waals surface area contributed by atoms with E-state index in [1.807, 2.05) is 24.3 Å². The molecule has 0 atom stereocenters. The van der Waals surface area contributed by atoms with Gasteiger partial charge in [-0.05, 0) is 31.5 Å². The third-order valence-corrected chi connectivity index (χ3v) is 3.56. The molecule has 0 bridgehead atoms. The molecule has 1 heterocycles. The summed E-state index contributed by atoms with van der Waals surface area (Å²) in [5.74, 6) is -0.420. The number of amides is 1. The predicted octanol–water partition coefficient (Wildman–Crippen LogP) is 2.32. The quantitative estimate of drug-likeness (QED) is 0.489. The smallest absolute Gasteiger partial charge is 0.271 e. The molecule has 0 aliphatic heterocycles. The molecule has 2 rings (SSSR count). The van der Waals surface area contributed by atoms with Gasteiger partial charge in [0.1, 0.15) is 17.9 Å². The summed E-state index contributed by atoms with van der Waals surface area (Å²) in [6.45, 7) is 2.94. The molecule has 0 saturated carbocycles. The lowest BCUT2D eigenvalue weighted by Crippen LogP contribution is -2.24. The van der Waals surface area contributed by atoms with Gasteiger partial charge < -0.3 is 0 Å². The van der Waals surface area contributed by atoms with Gasteiger partial charge in [-0.1, -0.05) is 28.1 Å². The summed E-state index contributed by atoms with van der Waals surface area (Å²) < 4.78 is 2.19. The Bertz CT molecular complexity index is 785. The lowest BCUT2D eigenvalue weighted by atomic mass is 10.2. The maximum absolute atomic E-state index is 11.8. The third kappa shape index (κ3) is 4.22. The normalized spacial score (nSPS) is 10.9. The van der Waals surface area contributed by atoms with Crippen LogP contribution < -0.4 is 5.43 Å². The van der Waals surface area contributed by atoms with Gasteiger partial charge in [-0.2, -0.15) is 10.2 Å². The van der Waals surface area contributed by atoms with Crippen molar-refractivity contribution in [2.45, 2.75) is 20.4 Å². The molecule has 1 N–H and O–H groups in total. The number of nitrogens with one attached hydrogen (secondary N) is 1. The van der Waals surface area contributed by atoms with Gasteiger partial charge >= 0.3 is 5.69 Å². The topological polar surface area (TPSA) is 102 Å². The van der Waals surface area contributed by atoms with Gasteiger partial charge in [-0.15, -0.1) is 0 Å². The van der Waals surface area contributed by atoms with E-state index in [-0.39, 0.29) is 17.9 Å². The summed E-state index contributed by atoms with van der Waals surface area (Å²) in [5.41, 5.74) is 3.72. The van der Waals surface area contributed by atoms with E-state index in [4.69, 9.17) is 0 Å². The van der Waals surface area contributed by atoms with Crippen molar-refractivity contribution in [2.24, 2.45) is 5.10 Å². The van der Waals surface area contributed by atoms with E-state index >= 15 is 0 Å².